The summed E-state index contributed by atoms with van der Waals surface area (Å²) in [4.78, 5) is 24.7. The van der Waals surface area contributed by atoms with E-state index in [4.69, 9.17) is 5.73 Å². The van der Waals surface area contributed by atoms with Crippen LogP contribution in [0.3, 0.4) is 0 Å². The lowest BCUT2D eigenvalue weighted by Crippen LogP contribution is -2.29. The molecule has 2 amide bonds. The molecule has 1 heterocycles. The summed E-state index contributed by atoms with van der Waals surface area (Å²) in [6, 6.07) is 3.51. The van der Waals surface area contributed by atoms with Crippen LogP contribution in [0.15, 0.2) is 12.1 Å². The van der Waals surface area contributed by atoms with Crippen molar-refractivity contribution >= 4 is 53.9 Å². The first-order valence-corrected chi connectivity index (χ1v) is 13.3. The van der Waals surface area contributed by atoms with Gasteiger partial charge in [-0.3, -0.25) is 14.3 Å². The van der Waals surface area contributed by atoms with Crippen molar-refractivity contribution in [2.45, 2.75) is 70.0 Å². The maximum absolute atomic E-state index is 13.0. The number of rotatable bonds is 7. The van der Waals surface area contributed by atoms with Gasteiger partial charge in [0.15, 0.2) is 0 Å². The first-order chi connectivity index (χ1) is 14.7. The number of benzene rings is 1. The van der Waals surface area contributed by atoms with Gasteiger partial charge in [0.25, 0.3) is 5.91 Å². The molecule has 7 nitrogen and oxygen atoms in total. The fourth-order valence-electron chi connectivity index (χ4n) is 4.23. The Balaban J connectivity index is 1.77. The number of fused-ring (bicyclic) bond motifs is 1. The van der Waals surface area contributed by atoms with Crippen molar-refractivity contribution < 1.29 is 18.0 Å². The van der Waals surface area contributed by atoms with Crippen molar-refractivity contribution in [2.75, 3.05) is 10.0 Å². The largest absolute Gasteiger partial charge is 0.365 e. The fraction of sp³-hybridized carbons (Fsp3) is 0.545. The van der Waals surface area contributed by atoms with E-state index >= 15 is 0 Å². The highest BCUT2D eigenvalue weighted by atomic mass is 32.2. The highest BCUT2D eigenvalue weighted by molar-refractivity contribution is 7.93. The summed E-state index contributed by atoms with van der Waals surface area (Å²) in [6.07, 6.45) is 5.94. The predicted octanol–water partition coefficient (Wildman–Crippen LogP) is 4.55. The van der Waals surface area contributed by atoms with Gasteiger partial charge in [0, 0.05) is 21.7 Å². The van der Waals surface area contributed by atoms with Crippen LogP contribution in [0.5, 0.6) is 0 Å². The molecule has 1 aromatic carbocycles. The highest BCUT2D eigenvalue weighted by Gasteiger charge is 2.32. The lowest BCUT2D eigenvalue weighted by atomic mass is 9.99. The monoisotopic (exact) mass is 463 g/mol. The summed E-state index contributed by atoms with van der Waals surface area (Å²) in [5.41, 5.74) is 7.28. The predicted molar refractivity (Wildman–Crippen MR) is 125 cm³/mol. The van der Waals surface area contributed by atoms with E-state index in [1.54, 1.807) is 6.07 Å². The Kier molecular flexibility index (Phi) is 6.00. The van der Waals surface area contributed by atoms with Crippen molar-refractivity contribution in [3.63, 3.8) is 0 Å². The molecule has 2 saturated carbocycles. The van der Waals surface area contributed by atoms with Crippen LogP contribution in [-0.4, -0.2) is 25.5 Å². The molecule has 0 aliphatic heterocycles. The lowest BCUT2D eigenvalue weighted by molar-refractivity contribution is -0.117. The average molecular weight is 464 g/mol. The average Bonchev–Trinajstić information content (AvgIpc) is 3.49. The number of carbonyl (C=O) groups is 2. The summed E-state index contributed by atoms with van der Waals surface area (Å²) < 4.78 is 29.5. The third-order valence-corrected chi connectivity index (χ3v) is 9.16. The van der Waals surface area contributed by atoms with E-state index in [0.717, 1.165) is 42.4 Å². The minimum Gasteiger partial charge on any atom is -0.365 e. The minimum absolute atomic E-state index is 0.00614. The third kappa shape index (κ3) is 4.57. The van der Waals surface area contributed by atoms with Gasteiger partial charge in [-0.1, -0.05) is 33.1 Å². The summed E-state index contributed by atoms with van der Waals surface area (Å²) in [5, 5.41) is 3.49. The van der Waals surface area contributed by atoms with E-state index in [1.807, 2.05) is 19.9 Å². The highest BCUT2D eigenvalue weighted by Crippen LogP contribution is 2.43. The van der Waals surface area contributed by atoms with Crippen LogP contribution in [0, 0.1) is 5.92 Å². The summed E-state index contributed by atoms with van der Waals surface area (Å²) in [5.74, 6) is -0.654. The molecule has 4 rings (SSSR count). The van der Waals surface area contributed by atoms with Crippen LogP contribution in [0.25, 0.3) is 10.1 Å². The molecule has 0 radical (unpaired) electrons. The number of primary amides is 1. The smallest absolute Gasteiger partial charge is 0.252 e. The van der Waals surface area contributed by atoms with Gasteiger partial charge < -0.3 is 11.1 Å². The second-order valence-electron chi connectivity index (χ2n) is 8.94. The fourth-order valence-corrected chi connectivity index (χ4v) is 7.15. The third-order valence-electron chi connectivity index (χ3n) is 6.12. The van der Waals surface area contributed by atoms with Gasteiger partial charge in [-0.2, -0.15) is 0 Å². The Labute approximate surface area is 186 Å². The van der Waals surface area contributed by atoms with Crippen molar-refractivity contribution in [1.82, 2.24) is 0 Å². The van der Waals surface area contributed by atoms with Gasteiger partial charge >= 0.3 is 0 Å². The number of anilines is 2. The second kappa shape index (κ2) is 8.43. The number of amides is 2. The molecular weight excluding hydrogens is 434 g/mol. The van der Waals surface area contributed by atoms with Gasteiger partial charge in [-0.05, 0) is 49.3 Å². The number of nitrogens with one attached hydrogen (secondary N) is 2. The maximum Gasteiger partial charge on any atom is 0.252 e. The van der Waals surface area contributed by atoms with E-state index in [-0.39, 0.29) is 23.3 Å². The lowest BCUT2D eigenvalue weighted by Gasteiger charge is -2.23. The number of hydrogen-bond donors (Lipinski definition) is 3. The molecule has 0 atom stereocenters. The quantitative estimate of drug-likeness (QED) is 0.558. The van der Waals surface area contributed by atoms with Gasteiger partial charge in [0.05, 0.1) is 10.8 Å². The SMILES string of the molecule is CC(C)c1cc(NS(=O)(=O)C2CCCCC2)cc2c(C(N)=O)c(NC(=O)C3CC3)sc12. The van der Waals surface area contributed by atoms with Crippen LogP contribution < -0.4 is 15.8 Å². The van der Waals surface area contributed by atoms with E-state index in [1.165, 1.54) is 11.3 Å². The standard InChI is InChI=1S/C22H29N3O4S2/c1-12(2)16-10-14(25-31(28,29)15-6-4-3-5-7-15)11-17-18(20(23)26)22(30-19(16)17)24-21(27)13-8-9-13/h10-13,15,25H,3-9H2,1-2H3,(H2,23,26)(H,24,27). The van der Waals surface area contributed by atoms with Crippen molar-refractivity contribution in [1.29, 1.82) is 0 Å². The molecule has 0 spiro atoms. The van der Waals surface area contributed by atoms with Crippen LogP contribution in [0.4, 0.5) is 10.7 Å². The van der Waals surface area contributed by atoms with Crippen LogP contribution in [-0.2, 0) is 14.8 Å². The van der Waals surface area contributed by atoms with Crippen LogP contribution >= 0.6 is 11.3 Å². The topological polar surface area (TPSA) is 118 Å². The van der Waals surface area contributed by atoms with Gasteiger partial charge in [0.1, 0.15) is 5.00 Å². The molecular formula is C22H29N3O4S2. The molecule has 0 saturated heterocycles. The Hall–Kier alpha value is -2.13. The molecule has 2 fully saturated rings. The van der Waals surface area contributed by atoms with Gasteiger partial charge in [-0.15, -0.1) is 11.3 Å². The molecule has 0 bridgehead atoms. The number of sulfonamides is 1. The molecule has 4 N–H and O–H groups in total. The van der Waals surface area contributed by atoms with E-state index < -0.39 is 21.2 Å². The number of carbonyl (C=O) groups excluding carboxylic acids is 2. The zero-order chi connectivity index (χ0) is 22.3. The molecule has 9 heteroatoms. The maximum atomic E-state index is 13.0. The molecule has 2 aliphatic carbocycles. The zero-order valence-corrected chi connectivity index (χ0v) is 19.5. The van der Waals surface area contributed by atoms with Crippen LogP contribution in [0.2, 0.25) is 0 Å². The molecule has 2 aliphatic rings. The van der Waals surface area contributed by atoms with Gasteiger partial charge in [0.2, 0.25) is 15.9 Å². The number of nitrogens with two attached hydrogens (primary N) is 1. The molecule has 168 valence electrons. The second-order valence-corrected chi connectivity index (χ2v) is 11.9. The minimum atomic E-state index is -3.53. The first kappa shape index (κ1) is 22.1. The van der Waals surface area contributed by atoms with Crippen LogP contribution in [0.1, 0.15) is 80.6 Å². The van der Waals surface area contributed by atoms with E-state index in [0.29, 0.717) is 28.9 Å². The summed E-state index contributed by atoms with van der Waals surface area (Å²) in [7, 11) is -3.53. The normalized spacial score (nSPS) is 17.8. The Morgan fingerprint density at radius 2 is 1.77 bits per heavy atom. The van der Waals surface area contributed by atoms with Crippen molar-refractivity contribution in [3.05, 3.63) is 23.3 Å². The molecule has 2 aromatic rings. The van der Waals surface area contributed by atoms with Crippen molar-refractivity contribution in [2.24, 2.45) is 11.7 Å². The van der Waals surface area contributed by atoms with Crippen molar-refractivity contribution in [3.8, 4) is 0 Å². The van der Waals surface area contributed by atoms with E-state index in [2.05, 4.69) is 10.0 Å². The summed E-state index contributed by atoms with van der Waals surface area (Å²) >= 11 is 1.33. The molecule has 0 unspecified atom stereocenters. The number of thiophene rings is 1. The Morgan fingerprint density at radius 3 is 2.35 bits per heavy atom. The van der Waals surface area contributed by atoms with Gasteiger partial charge in [-0.25, -0.2) is 8.42 Å². The summed E-state index contributed by atoms with van der Waals surface area (Å²) in [6.45, 7) is 4.03. The molecule has 31 heavy (non-hydrogen) atoms. The van der Waals surface area contributed by atoms with E-state index in [9.17, 15) is 18.0 Å². The zero-order valence-electron chi connectivity index (χ0n) is 17.9. The Morgan fingerprint density at radius 1 is 1.10 bits per heavy atom. The first-order valence-electron chi connectivity index (χ1n) is 10.9. The number of hydrogen-bond acceptors (Lipinski definition) is 5. The molecule has 1 aromatic heterocycles. The Bertz CT molecular complexity index is 1130.